The van der Waals surface area contributed by atoms with Crippen LogP contribution >= 0.6 is 0 Å². The van der Waals surface area contributed by atoms with E-state index in [1.807, 2.05) is 66.7 Å². The first-order valence-corrected chi connectivity index (χ1v) is 25.9. The maximum atomic E-state index is 5.15. The Morgan fingerprint density at radius 2 is 0.945 bits per heavy atom. The van der Waals surface area contributed by atoms with Crippen LogP contribution in [0.15, 0.2) is 229 Å². The van der Waals surface area contributed by atoms with Gasteiger partial charge in [0, 0.05) is 33.4 Å². The van der Waals surface area contributed by atoms with Crippen molar-refractivity contribution in [1.82, 2.24) is 15.0 Å². The molecule has 73 heavy (non-hydrogen) atoms. The lowest BCUT2D eigenvalue weighted by molar-refractivity contribution is 0.0402. The highest BCUT2D eigenvalue weighted by molar-refractivity contribution is 6.13. The van der Waals surface area contributed by atoms with Crippen LogP contribution in [0.2, 0.25) is 0 Å². The molecule has 2 saturated carbocycles. The number of hydrogen-bond donors (Lipinski definition) is 0. The lowest BCUT2D eigenvalue weighted by atomic mass is 9.48. The van der Waals surface area contributed by atoms with Crippen molar-refractivity contribution < 1.29 is 0 Å². The number of aromatic nitrogens is 3. The van der Waals surface area contributed by atoms with E-state index in [1.165, 1.54) is 47.9 Å². The summed E-state index contributed by atoms with van der Waals surface area (Å²) < 4.78 is 0. The van der Waals surface area contributed by atoms with Gasteiger partial charge in [0.15, 0.2) is 23.3 Å². The highest BCUT2D eigenvalue weighted by Gasteiger charge is 2.52. The van der Waals surface area contributed by atoms with Crippen LogP contribution in [-0.2, 0) is 5.41 Å². The van der Waals surface area contributed by atoms with Gasteiger partial charge in [-0.25, -0.2) is 24.9 Å². The molecule has 1 aromatic heterocycles. The Labute approximate surface area is 431 Å². The zero-order valence-electron chi connectivity index (χ0n) is 42.3. The lowest BCUT2D eigenvalue weighted by Crippen LogP contribution is -2.50. The zero-order valence-corrected chi connectivity index (χ0v) is 42.3. The maximum absolute atomic E-state index is 5.15. The number of nitrogens with zero attached hydrogens (tertiary/aromatic N) is 5. The topological polar surface area (TPSA) is 63.4 Å². The summed E-state index contributed by atoms with van der Waals surface area (Å²) in [5.74, 6) is 5.14. The van der Waals surface area contributed by atoms with Crippen LogP contribution in [0.5, 0.6) is 0 Å². The average molecular weight is 948 g/mol. The van der Waals surface area contributed by atoms with E-state index in [2.05, 4.69) is 180 Å². The fraction of sp³-hybridized carbons (Fsp3) is 0.191. The molecule has 8 aromatic carbocycles. The smallest absolute Gasteiger partial charge is 0.164 e. The lowest BCUT2D eigenvalue weighted by Gasteiger charge is -2.55. The van der Waals surface area contributed by atoms with Crippen molar-refractivity contribution in [2.75, 3.05) is 0 Å². The first-order chi connectivity index (χ1) is 35.7. The van der Waals surface area contributed by atoms with Gasteiger partial charge in [0.05, 0.1) is 5.70 Å². The van der Waals surface area contributed by atoms with Crippen molar-refractivity contribution in [1.29, 1.82) is 0 Å². The van der Waals surface area contributed by atoms with E-state index in [1.54, 1.807) is 0 Å². The van der Waals surface area contributed by atoms with Gasteiger partial charge in [0.1, 0.15) is 0 Å². The molecule has 11 rings (SSSR count). The third kappa shape index (κ3) is 9.80. The maximum Gasteiger partial charge on any atom is 0.164 e. The molecular weight excluding hydrogens is 887 g/mol. The SMILES string of the molecule is C=C(N=C(N=C(C)c1cccc(-c2ccc(C3(c4ccc(-c5cccc(-c6nc(-c7ccccc7)nc(-c7cccc(C)c7)n6)c5)cc4)C(C)CC4CC(C)CC3C4)cc2)c1)c1ccccc1)c1ccccc1. The summed E-state index contributed by atoms with van der Waals surface area (Å²) >= 11 is 0. The summed E-state index contributed by atoms with van der Waals surface area (Å²) in [6, 6.07) is 75.4. The van der Waals surface area contributed by atoms with Crippen molar-refractivity contribution in [2.45, 2.75) is 58.8 Å². The van der Waals surface area contributed by atoms with Gasteiger partial charge in [-0.2, -0.15) is 0 Å². The number of hydrogen-bond acceptors (Lipinski definition) is 4. The van der Waals surface area contributed by atoms with Crippen LogP contribution in [0.4, 0.5) is 0 Å². The molecule has 2 aliphatic carbocycles. The molecular formula is C68H61N5. The van der Waals surface area contributed by atoms with Gasteiger partial charge in [0.25, 0.3) is 0 Å². The summed E-state index contributed by atoms with van der Waals surface area (Å²) in [7, 11) is 0. The Balaban J connectivity index is 0.914. The predicted molar refractivity (Wildman–Crippen MR) is 303 cm³/mol. The number of rotatable bonds is 11. The van der Waals surface area contributed by atoms with Crippen LogP contribution in [0.1, 0.15) is 79.8 Å². The normalized spacial score (nSPS) is 19.8. The van der Waals surface area contributed by atoms with E-state index in [9.17, 15) is 0 Å². The van der Waals surface area contributed by atoms with Gasteiger partial charge in [-0.3, -0.25) is 0 Å². The molecule has 0 amide bonds. The van der Waals surface area contributed by atoms with Crippen molar-refractivity contribution in [3.8, 4) is 56.4 Å². The van der Waals surface area contributed by atoms with E-state index in [-0.39, 0.29) is 5.41 Å². The number of benzene rings is 8. The molecule has 0 aliphatic heterocycles. The molecule has 5 atom stereocenters. The molecule has 0 saturated heterocycles. The van der Waals surface area contributed by atoms with Crippen molar-refractivity contribution in [3.05, 3.63) is 252 Å². The number of aliphatic imine (C=N–C) groups is 2. The van der Waals surface area contributed by atoms with Crippen LogP contribution in [0, 0.1) is 30.6 Å². The minimum Gasteiger partial charge on any atom is -0.233 e. The van der Waals surface area contributed by atoms with E-state index < -0.39 is 0 Å². The summed E-state index contributed by atoms with van der Waals surface area (Å²) in [5.41, 5.74) is 16.0. The number of fused-ring (bicyclic) bond motifs is 2. The summed E-state index contributed by atoms with van der Waals surface area (Å²) in [6.45, 7) is 13.5. The Hall–Kier alpha value is -8.15. The van der Waals surface area contributed by atoms with Gasteiger partial charge in [-0.05, 0) is 126 Å². The molecule has 2 bridgehead atoms. The Bertz CT molecular complexity index is 3470. The first-order valence-electron chi connectivity index (χ1n) is 25.9. The summed E-state index contributed by atoms with van der Waals surface area (Å²) in [5, 5.41) is 0. The molecule has 1 heterocycles. The number of aryl methyl sites for hydroxylation is 1. The standard InChI is InChI=1S/C68H61N5/c1-45-18-15-28-59(39-45)66-71-65(55-23-13-8-14-24-55)72-67(73-66)60-29-17-27-58(44-60)53-32-36-62(37-33-53)68(47(3)41-50-38-46(2)40-63(68)42-50)61-34-30-52(31-35-61)57-26-16-25-56(43-57)49(5)70-64(54-21-11-7-12-22-54)69-48(4)51-19-9-6-10-20-51/h6-37,39,43-44,46-47,50,63H,4,38,40-42H2,1-3,5H3. The molecule has 0 N–H and O–H groups in total. The summed E-state index contributed by atoms with van der Waals surface area (Å²) in [6.07, 6.45) is 5.09. The fourth-order valence-corrected chi connectivity index (χ4v) is 12.2. The van der Waals surface area contributed by atoms with E-state index in [0.717, 1.165) is 61.7 Å². The molecule has 0 spiro atoms. The molecule has 9 aromatic rings. The van der Waals surface area contributed by atoms with Gasteiger partial charge in [-0.1, -0.05) is 220 Å². The molecule has 0 radical (unpaired) electrons. The summed E-state index contributed by atoms with van der Waals surface area (Å²) in [4.78, 5) is 25.2. The van der Waals surface area contributed by atoms with E-state index >= 15 is 0 Å². The third-order valence-corrected chi connectivity index (χ3v) is 15.5. The first kappa shape index (κ1) is 47.2. The quantitative estimate of drug-likeness (QED) is 0.0958. The second-order valence-electron chi connectivity index (χ2n) is 20.6. The van der Waals surface area contributed by atoms with Crippen LogP contribution in [0.25, 0.3) is 62.1 Å². The fourth-order valence-electron chi connectivity index (χ4n) is 12.2. The van der Waals surface area contributed by atoms with Gasteiger partial charge in [-0.15, -0.1) is 0 Å². The highest BCUT2D eigenvalue weighted by Crippen LogP contribution is 2.59. The monoisotopic (exact) mass is 947 g/mol. The van der Waals surface area contributed by atoms with Crippen molar-refractivity contribution >= 4 is 17.2 Å². The van der Waals surface area contributed by atoms with Gasteiger partial charge < -0.3 is 0 Å². The predicted octanol–water partition coefficient (Wildman–Crippen LogP) is 16.8. The van der Waals surface area contributed by atoms with E-state index in [0.29, 0.717) is 46.8 Å². The molecule has 5 unspecified atom stereocenters. The molecule has 2 aliphatic rings. The van der Waals surface area contributed by atoms with Crippen LogP contribution < -0.4 is 0 Å². The van der Waals surface area contributed by atoms with Gasteiger partial charge >= 0.3 is 0 Å². The minimum atomic E-state index is -0.114. The largest absolute Gasteiger partial charge is 0.233 e. The zero-order chi connectivity index (χ0) is 49.9. The highest BCUT2D eigenvalue weighted by atomic mass is 15.0. The van der Waals surface area contributed by atoms with Crippen LogP contribution in [0.3, 0.4) is 0 Å². The average Bonchev–Trinajstić information content (AvgIpc) is 3.44. The Morgan fingerprint density at radius 1 is 0.452 bits per heavy atom. The van der Waals surface area contributed by atoms with Gasteiger partial charge in [0.2, 0.25) is 0 Å². The van der Waals surface area contributed by atoms with Crippen molar-refractivity contribution in [3.63, 3.8) is 0 Å². The molecule has 5 nitrogen and oxygen atoms in total. The molecule has 358 valence electrons. The molecule has 2 fully saturated rings. The Kier molecular flexibility index (Phi) is 13.3. The van der Waals surface area contributed by atoms with E-state index in [4.69, 9.17) is 24.9 Å². The van der Waals surface area contributed by atoms with Crippen LogP contribution in [-0.4, -0.2) is 26.5 Å². The van der Waals surface area contributed by atoms with Crippen molar-refractivity contribution in [2.24, 2.45) is 33.7 Å². The minimum absolute atomic E-state index is 0.114. The number of amidine groups is 1. The second-order valence-corrected chi connectivity index (χ2v) is 20.6. The molecule has 5 heteroatoms. The second kappa shape index (κ2) is 20.5. The third-order valence-electron chi connectivity index (χ3n) is 15.5. The Morgan fingerprint density at radius 3 is 1.56 bits per heavy atom.